The molecule has 1 amide bonds. The van der Waals surface area contributed by atoms with Gasteiger partial charge in [-0.1, -0.05) is 60.5 Å². The fourth-order valence-corrected chi connectivity index (χ4v) is 6.28. The first kappa shape index (κ1) is 27.1. The first-order chi connectivity index (χ1) is 15.9. The second-order valence-electron chi connectivity index (χ2n) is 8.27. The molecule has 0 spiro atoms. The second kappa shape index (κ2) is 11.5. The Balaban J connectivity index is 1.95. The third-order valence-corrected chi connectivity index (χ3v) is 7.40. The summed E-state index contributed by atoms with van der Waals surface area (Å²) in [5.41, 5.74) is 7.11. The minimum Gasteiger partial charge on any atom is -0.442 e. The van der Waals surface area contributed by atoms with E-state index in [1.807, 2.05) is 36.6 Å². The molecule has 1 aromatic carbocycles. The van der Waals surface area contributed by atoms with Gasteiger partial charge in [-0.15, -0.1) is 0 Å². The van der Waals surface area contributed by atoms with Crippen LogP contribution in [-0.2, 0) is 22.5 Å². The normalized spacial score (nSPS) is 15.0. The van der Waals surface area contributed by atoms with Crippen molar-refractivity contribution in [2.75, 3.05) is 19.4 Å². The molecule has 0 atom stereocenters. The minimum absolute atomic E-state index is 0.0798. The first-order valence-electron chi connectivity index (χ1n) is 10.5. The Morgan fingerprint density at radius 1 is 1.29 bits per heavy atom. The molecule has 2 heterocycles. The van der Waals surface area contributed by atoms with Crippen molar-refractivity contribution in [3.05, 3.63) is 51.4 Å². The van der Waals surface area contributed by atoms with E-state index in [0.29, 0.717) is 41.9 Å². The summed E-state index contributed by atoms with van der Waals surface area (Å²) in [7, 11) is -4.11. The van der Waals surface area contributed by atoms with Crippen molar-refractivity contribution in [1.29, 1.82) is 0 Å². The van der Waals surface area contributed by atoms with Crippen LogP contribution in [0, 0.1) is 0 Å². The van der Waals surface area contributed by atoms with E-state index >= 15 is 0 Å². The number of imidazole rings is 1. The SMILES string of the molecule is CC(C)c1nc(COC(N)=O)n(CC2=CCN(CP(=O)(O)O)CC2)c1Sc1cc(Cl)cc(Cl)c1. The first-order valence-corrected chi connectivity index (χ1v) is 13.9. The van der Waals surface area contributed by atoms with E-state index in [4.69, 9.17) is 38.7 Å². The Bertz CT molecular complexity index is 1110. The number of amides is 1. The Hall–Kier alpha value is -1.52. The molecule has 0 saturated heterocycles. The number of aromatic nitrogens is 2. The van der Waals surface area contributed by atoms with Crippen molar-refractivity contribution in [3.8, 4) is 0 Å². The zero-order valence-corrected chi connectivity index (χ0v) is 22.0. The van der Waals surface area contributed by atoms with E-state index in [-0.39, 0.29) is 18.8 Å². The Morgan fingerprint density at radius 3 is 2.50 bits per heavy atom. The summed E-state index contributed by atoms with van der Waals surface area (Å²) in [4.78, 5) is 37.1. The van der Waals surface area contributed by atoms with Crippen LogP contribution < -0.4 is 5.73 Å². The number of nitrogens with two attached hydrogens (primary N) is 1. The summed E-state index contributed by atoms with van der Waals surface area (Å²) < 4.78 is 18.4. The molecule has 0 bridgehead atoms. The largest absolute Gasteiger partial charge is 0.442 e. The van der Waals surface area contributed by atoms with Crippen LogP contribution in [0.1, 0.15) is 37.7 Å². The van der Waals surface area contributed by atoms with Gasteiger partial charge in [0.2, 0.25) is 0 Å². The molecular weight excluding hydrogens is 522 g/mol. The van der Waals surface area contributed by atoms with Gasteiger partial charge in [-0.25, -0.2) is 9.78 Å². The monoisotopic (exact) mass is 548 g/mol. The molecule has 13 heteroatoms. The average molecular weight is 549 g/mol. The van der Waals surface area contributed by atoms with Gasteiger partial charge >= 0.3 is 13.7 Å². The fraction of sp³-hybridized carbons (Fsp3) is 0.429. The van der Waals surface area contributed by atoms with Gasteiger partial charge < -0.3 is 24.8 Å². The van der Waals surface area contributed by atoms with E-state index < -0.39 is 13.7 Å². The average Bonchev–Trinajstić information content (AvgIpc) is 3.03. The second-order valence-corrected chi connectivity index (χ2v) is 11.8. The maximum atomic E-state index is 11.3. The van der Waals surface area contributed by atoms with Crippen LogP contribution in [0.5, 0.6) is 0 Å². The molecule has 1 aromatic heterocycles. The van der Waals surface area contributed by atoms with Gasteiger partial charge in [0.1, 0.15) is 17.1 Å². The van der Waals surface area contributed by atoms with Crippen LogP contribution in [0.25, 0.3) is 0 Å². The van der Waals surface area contributed by atoms with Crippen LogP contribution in [0.2, 0.25) is 10.0 Å². The van der Waals surface area contributed by atoms with Crippen molar-refractivity contribution in [2.24, 2.45) is 5.73 Å². The number of hydrogen-bond donors (Lipinski definition) is 3. The Morgan fingerprint density at radius 2 is 1.97 bits per heavy atom. The van der Waals surface area contributed by atoms with E-state index in [9.17, 15) is 19.1 Å². The molecule has 0 saturated carbocycles. The highest BCUT2D eigenvalue weighted by atomic mass is 35.5. The Kier molecular flexibility index (Phi) is 9.14. The highest BCUT2D eigenvalue weighted by molar-refractivity contribution is 7.99. The molecule has 1 aliphatic heterocycles. The third-order valence-electron chi connectivity index (χ3n) is 5.10. The lowest BCUT2D eigenvalue weighted by Gasteiger charge is -2.27. The summed E-state index contributed by atoms with van der Waals surface area (Å²) >= 11 is 13.9. The Labute approximate surface area is 212 Å². The van der Waals surface area contributed by atoms with E-state index in [1.165, 1.54) is 11.8 Å². The lowest BCUT2D eigenvalue weighted by atomic mass is 10.1. The third kappa shape index (κ3) is 7.75. The van der Waals surface area contributed by atoms with Gasteiger partial charge in [0.15, 0.2) is 6.61 Å². The zero-order chi connectivity index (χ0) is 25.0. The number of ether oxygens (including phenoxy) is 1. The highest BCUT2D eigenvalue weighted by Gasteiger charge is 2.25. The number of nitrogens with zero attached hydrogens (tertiary/aromatic N) is 3. The number of halogens is 2. The number of benzene rings is 1. The van der Waals surface area contributed by atoms with Crippen molar-refractivity contribution in [2.45, 2.75) is 49.3 Å². The topological polar surface area (TPSA) is 131 Å². The lowest BCUT2D eigenvalue weighted by Crippen LogP contribution is -2.30. The number of carbonyl (C=O) groups is 1. The fourth-order valence-electron chi connectivity index (χ4n) is 3.58. The quantitative estimate of drug-likeness (QED) is 0.300. The van der Waals surface area contributed by atoms with Crippen molar-refractivity contribution >= 4 is 48.7 Å². The predicted octanol–water partition coefficient (Wildman–Crippen LogP) is 4.83. The van der Waals surface area contributed by atoms with Gasteiger partial charge in [0.25, 0.3) is 0 Å². The maximum Gasteiger partial charge on any atom is 0.404 e. The molecule has 0 unspecified atom stereocenters. The number of hydrogen-bond acceptors (Lipinski definition) is 6. The molecule has 186 valence electrons. The van der Waals surface area contributed by atoms with Crippen molar-refractivity contribution < 1.29 is 23.9 Å². The molecule has 1 aliphatic rings. The predicted molar refractivity (Wildman–Crippen MR) is 132 cm³/mol. The number of rotatable bonds is 9. The summed E-state index contributed by atoms with van der Waals surface area (Å²) in [5.74, 6) is 0.640. The molecular formula is C21H27Cl2N4O5PS. The lowest BCUT2D eigenvalue weighted by molar-refractivity contribution is 0.145. The van der Waals surface area contributed by atoms with Crippen LogP contribution in [0.15, 0.2) is 39.8 Å². The molecule has 2 aromatic rings. The van der Waals surface area contributed by atoms with Gasteiger partial charge in [-0.2, -0.15) is 0 Å². The van der Waals surface area contributed by atoms with Crippen LogP contribution >= 0.6 is 42.6 Å². The minimum atomic E-state index is -4.11. The van der Waals surface area contributed by atoms with Crippen molar-refractivity contribution in [3.63, 3.8) is 0 Å². The number of carbonyl (C=O) groups excluding carboxylic acids is 1. The molecule has 0 fully saturated rings. The van der Waals surface area contributed by atoms with Crippen LogP contribution in [0.4, 0.5) is 4.79 Å². The molecule has 4 N–H and O–H groups in total. The highest BCUT2D eigenvalue weighted by Crippen LogP contribution is 2.39. The van der Waals surface area contributed by atoms with Gasteiger partial charge in [-0.3, -0.25) is 9.46 Å². The van der Waals surface area contributed by atoms with Crippen LogP contribution in [0.3, 0.4) is 0 Å². The summed E-state index contributed by atoms with van der Waals surface area (Å²) in [6.07, 6.45) is 1.45. The van der Waals surface area contributed by atoms with E-state index in [0.717, 1.165) is 21.2 Å². The zero-order valence-electron chi connectivity index (χ0n) is 18.8. The molecule has 0 radical (unpaired) electrons. The van der Waals surface area contributed by atoms with E-state index in [2.05, 4.69) is 0 Å². The van der Waals surface area contributed by atoms with Crippen molar-refractivity contribution in [1.82, 2.24) is 14.5 Å². The van der Waals surface area contributed by atoms with Crippen LogP contribution in [-0.4, -0.2) is 49.7 Å². The van der Waals surface area contributed by atoms with Gasteiger partial charge in [0, 0.05) is 34.6 Å². The van der Waals surface area contributed by atoms with E-state index in [1.54, 1.807) is 11.0 Å². The standard InChI is InChI=1S/C21H27Cl2N4O5PS/c1-13(2)19-20(34-17-8-15(22)7-16(23)9-17)27(18(25-19)11-32-21(24)28)10-14-3-5-26(6-4-14)12-33(29,30)31/h3,7-9,13H,4-6,10-12H2,1-2H3,(H2,24,28)(H2,29,30,31). The smallest absolute Gasteiger partial charge is 0.404 e. The van der Waals surface area contributed by atoms with Gasteiger partial charge in [0.05, 0.1) is 5.69 Å². The molecule has 9 nitrogen and oxygen atoms in total. The number of primary amides is 1. The van der Waals surface area contributed by atoms with Gasteiger partial charge in [-0.05, 0) is 30.5 Å². The summed E-state index contributed by atoms with van der Waals surface area (Å²) in [6, 6.07) is 5.30. The molecule has 3 rings (SSSR count). The maximum absolute atomic E-state index is 11.3. The molecule has 0 aliphatic carbocycles. The molecule has 34 heavy (non-hydrogen) atoms. The summed E-state index contributed by atoms with van der Waals surface area (Å²) in [6.45, 7) is 5.43. The summed E-state index contributed by atoms with van der Waals surface area (Å²) in [5, 5.41) is 1.91.